The number of methoxy groups -OCH3 is 2. The van der Waals surface area contributed by atoms with Gasteiger partial charge in [-0.2, -0.15) is 0 Å². The van der Waals surface area contributed by atoms with Crippen LogP contribution in [0.2, 0.25) is 0 Å². The van der Waals surface area contributed by atoms with E-state index >= 15 is 0 Å². The first-order chi connectivity index (χ1) is 13.2. The molecule has 1 aliphatic heterocycles. The SMILES string of the molecule is CCC1Oc2cccc(-c3ccc(OC)cc3)c2C1c1ccc(OC)cc1. The van der Waals surface area contributed by atoms with Crippen LogP contribution in [0.25, 0.3) is 11.1 Å². The van der Waals surface area contributed by atoms with Crippen LogP contribution >= 0.6 is 0 Å². The van der Waals surface area contributed by atoms with Gasteiger partial charge in [0.1, 0.15) is 23.4 Å². The van der Waals surface area contributed by atoms with Crippen LogP contribution in [0.3, 0.4) is 0 Å². The maximum Gasteiger partial charge on any atom is 0.124 e. The van der Waals surface area contributed by atoms with Crippen molar-refractivity contribution in [2.45, 2.75) is 25.4 Å². The van der Waals surface area contributed by atoms with Crippen molar-refractivity contribution in [3.8, 4) is 28.4 Å². The van der Waals surface area contributed by atoms with Gasteiger partial charge in [0.15, 0.2) is 0 Å². The first-order valence-corrected chi connectivity index (χ1v) is 9.33. The van der Waals surface area contributed by atoms with Gasteiger partial charge < -0.3 is 14.2 Å². The molecule has 0 N–H and O–H groups in total. The summed E-state index contributed by atoms with van der Waals surface area (Å²) in [6.07, 6.45) is 1.08. The molecular formula is C24H24O3. The lowest BCUT2D eigenvalue weighted by Gasteiger charge is -2.20. The van der Waals surface area contributed by atoms with E-state index in [1.54, 1.807) is 14.2 Å². The van der Waals surface area contributed by atoms with E-state index in [4.69, 9.17) is 14.2 Å². The summed E-state index contributed by atoms with van der Waals surface area (Å²) in [5.74, 6) is 2.92. The van der Waals surface area contributed by atoms with E-state index in [0.29, 0.717) is 0 Å². The molecule has 3 nitrogen and oxygen atoms in total. The van der Waals surface area contributed by atoms with E-state index in [1.807, 2.05) is 24.3 Å². The highest BCUT2D eigenvalue weighted by Gasteiger charge is 2.36. The van der Waals surface area contributed by atoms with Gasteiger partial charge in [0.05, 0.1) is 20.1 Å². The zero-order valence-corrected chi connectivity index (χ0v) is 15.9. The Labute approximate surface area is 160 Å². The summed E-state index contributed by atoms with van der Waals surface area (Å²) in [5, 5.41) is 0. The molecular weight excluding hydrogens is 336 g/mol. The van der Waals surface area contributed by atoms with Crippen LogP contribution in [0.4, 0.5) is 0 Å². The standard InChI is InChI=1S/C24H24O3/c1-4-21-23(17-10-14-19(26-3)15-11-17)24-20(6-5-7-22(24)27-21)16-8-12-18(25-2)13-9-16/h5-15,21,23H,4H2,1-3H3. The van der Waals surface area contributed by atoms with Gasteiger partial charge in [-0.25, -0.2) is 0 Å². The second-order valence-electron chi connectivity index (χ2n) is 6.76. The fourth-order valence-electron chi connectivity index (χ4n) is 3.92. The number of fused-ring (bicyclic) bond motifs is 1. The molecule has 138 valence electrons. The van der Waals surface area contributed by atoms with E-state index in [2.05, 4.69) is 49.4 Å². The molecule has 2 atom stereocenters. The van der Waals surface area contributed by atoms with Crippen LogP contribution < -0.4 is 14.2 Å². The number of benzene rings is 3. The second kappa shape index (κ2) is 7.36. The van der Waals surface area contributed by atoms with Gasteiger partial charge in [-0.05, 0) is 53.4 Å². The van der Waals surface area contributed by atoms with Crippen molar-refractivity contribution in [1.82, 2.24) is 0 Å². The lowest BCUT2D eigenvalue weighted by molar-refractivity contribution is 0.212. The molecule has 0 spiro atoms. The Morgan fingerprint density at radius 1 is 0.815 bits per heavy atom. The molecule has 0 bridgehead atoms. The smallest absolute Gasteiger partial charge is 0.124 e. The van der Waals surface area contributed by atoms with Crippen LogP contribution in [0.1, 0.15) is 30.4 Å². The zero-order chi connectivity index (χ0) is 18.8. The molecule has 4 rings (SSSR count). The van der Waals surface area contributed by atoms with Gasteiger partial charge >= 0.3 is 0 Å². The molecule has 0 amide bonds. The van der Waals surface area contributed by atoms with Crippen molar-refractivity contribution < 1.29 is 14.2 Å². The molecule has 0 radical (unpaired) electrons. The van der Waals surface area contributed by atoms with Crippen molar-refractivity contribution >= 4 is 0 Å². The number of rotatable bonds is 5. The molecule has 1 aliphatic rings. The van der Waals surface area contributed by atoms with Crippen LogP contribution in [-0.4, -0.2) is 20.3 Å². The molecule has 0 fully saturated rings. The van der Waals surface area contributed by atoms with Crippen molar-refractivity contribution in [3.05, 3.63) is 77.9 Å². The Morgan fingerprint density at radius 2 is 1.44 bits per heavy atom. The lowest BCUT2D eigenvalue weighted by atomic mass is 9.83. The highest BCUT2D eigenvalue weighted by molar-refractivity contribution is 5.73. The summed E-state index contributed by atoms with van der Waals surface area (Å²) < 4.78 is 17.0. The first kappa shape index (κ1) is 17.5. The molecule has 1 heterocycles. The Hall–Kier alpha value is -2.94. The van der Waals surface area contributed by atoms with Gasteiger partial charge in [-0.15, -0.1) is 0 Å². The lowest BCUT2D eigenvalue weighted by Crippen LogP contribution is -2.18. The van der Waals surface area contributed by atoms with Crippen LogP contribution in [0.5, 0.6) is 17.2 Å². The van der Waals surface area contributed by atoms with Crippen LogP contribution in [-0.2, 0) is 0 Å². The molecule has 0 saturated carbocycles. The quantitative estimate of drug-likeness (QED) is 0.586. The van der Waals surface area contributed by atoms with E-state index in [9.17, 15) is 0 Å². The zero-order valence-electron chi connectivity index (χ0n) is 15.9. The minimum atomic E-state index is 0.132. The number of hydrogen-bond donors (Lipinski definition) is 0. The predicted molar refractivity (Wildman–Crippen MR) is 108 cm³/mol. The first-order valence-electron chi connectivity index (χ1n) is 9.33. The number of hydrogen-bond acceptors (Lipinski definition) is 3. The van der Waals surface area contributed by atoms with Crippen molar-refractivity contribution in [2.24, 2.45) is 0 Å². The Balaban J connectivity index is 1.82. The Morgan fingerprint density at radius 3 is 2.04 bits per heavy atom. The van der Waals surface area contributed by atoms with E-state index < -0.39 is 0 Å². The van der Waals surface area contributed by atoms with Gasteiger partial charge in [-0.3, -0.25) is 0 Å². The maximum absolute atomic E-state index is 6.33. The fourth-order valence-corrected chi connectivity index (χ4v) is 3.92. The maximum atomic E-state index is 6.33. The van der Waals surface area contributed by atoms with Gasteiger partial charge in [-0.1, -0.05) is 43.3 Å². The highest BCUT2D eigenvalue weighted by atomic mass is 16.5. The third-order valence-electron chi connectivity index (χ3n) is 5.31. The molecule has 27 heavy (non-hydrogen) atoms. The Kier molecular flexibility index (Phi) is 4.76. The van der Waals surface area contributed by atoms with E-state index in [1.165, 1.54) is 22.3 Å². The summed E-state index contributed by atoms with van der Waals surface area (Å²) in [4.78, 5) is 0. The summed E-state index contributed by atoms with van der Waals surface area (Å²) in [5.41, 5.74) is 4.90. The fraction of sp³-hybridized carbons (Fsp3) is 0.250. The molecule has 3 aromatic rings. The third kappa shape index (κ3) is 3.14. The average molecular weight is 360 g/mol. The van der Waals surface area contributed by atoms with E-state index in [-0.39, 0.29) is 12.0 Å². The van der Waals surface area contributed by atoms with Crippen molar-refractivity contribution in [1.29, 1.82) is 0 Å². The van der Waals surface area contributed by atoms with Gasteiger partial charge in [0, 0.05) is 5.56 Å². The monoisotopic (exact) mass is 360 g/mol. The molecule has 3 heteroatoms. The normalized spacial score (nSPS) is 17.9. The molecule has 3 aromatic carbocycles. The molecule has 2 unspecified atom stereocenters. The van der Waals surface area contributed by atoms with E-state index in [0.717, 1.165) is 23.7 Å². The average Bonchev–Trinajstić information content (AvgIpc) is 3.12. The third-order valence-corrected chi connectivity index (χ3v) is 5.31. The second-order valence-corrected chi connectivity index (χ2v) is 6.76. The Bertz CT molecular complexity index is 913. The minimum Gasteiger partial charge on any atom is -0.497 e. The summed E-state index contributed by atoms with van der Waals surface area (Å²) >= 11 is 0. The van der Waals surface area contributed by atoms with Gasteiger partial charge in [0.25, 0.3) is 0 Å². The summed E-state index contributed by atoms with van der Waals surface area (Å²) in [7, 11) is 3.38. The van der Waals surface area contributed by atoms with Crippen molar-refractivity contribution in [2.75, 3.05) is 14.2 Å². The molecule has 0 aliphatic carbocycles. The number of ether oxygens (including phenoxy) is 3. The minimum absolute atomic E-state index is 0.132. The van der Waals surface area contributed by atoms with Crippen LogP contribution in [0.15, 0.2) is 66.7 Å². The summed E-state index contributed by atoms with van der Waals surface area (Å²) in [6, 6.07) is 22.9. The molecule has 0 aromatic heterocycles. The predicted octanol–water partition coefficient (Wildman–Crippen LogP) is 5.67. The topological polar surface area (TPSA) is 27.7 Å². The van der Waals surface area contributed by atoms with Crippen LogP contribution in [0, 0.1) is 0 Å². The largest absolute Gasteiger partial charge is 0.497 e. The van der Waals surface area contributed by atoms with Gasteiger partial charge in [0.2, 0.25) is 0 Å². The van der Waals surface area contributed by atoms with Crippen molar-refractivity contribution in [3.63, 3.8) is 0 Å². The summed E-state index contributed by atoms with van der Waals surface area (Å²) in [6.45, 7) is 2.18. The highest BCUT2D eigenvalue weighted by Crippen LogP contribution is 2.48. The molecule has 0 saturated heterocycles.